The first-order valence-corrected chi connectivity index (χ1v) is 6.13. The van der Waals surface area contributed by atoms with E-state index in [9.17, 15) is 0 Å². The van der Waals surface area contributed by atoms with Gasteiger partial charge >= 0.3 is 0 Å². The molecule has 0 fully saturated rings. The second-order valence-electron chi connectivity index (χ2n) is 4.48. The maximum atomic E-state index is 3.35. The number of aryl methyl sites for hydroxylation is 2. The Labute approximate surface area is 1200 Å². The van der Waals surface area contributed by atoms with Gasteiger partial charge in [0.1, 0.15) is 0 Å². The molecule has 0 atom stereocenters. The molecule has 0 amide bonds. The molecular weight excluding hydrogens is 3320 g/mol. The quantitative estimate of drug-likeness (QED) is 0.394. The van der Waals surface area contributed by atoms with E-state index in [1.54, 1.807) is 0 Å². The van der Waals surface area contributed by atoms with Gasteiger partial charge in [0.2, 0.25) is 0 Å². The van der Waals surface area contributed by atoms with Crippen LogP contribution in [0.15, 0.2) is 36.4 Å². The Kier molecular flexibility index (Phi) is 784. The number of hydrogen-bond acceptors (Lipinski definition) is 0. The summed E-state index contributed by atoms with van der Waals surface area (Å²) >= 11 is 0. The van der Waals surface area contributed by atoms with Gasteiger partial charge in [-0.2, -0.15) is 18.1 Å². The molecule has 0 saturated heterocycles. The van der Waals surface area contributed by atoms with Crippen molar-refractivity contribution in [3.63, 3.8) is 0 Å². The van der Waals surface area contributed by atoms with Crippen LogP contribution >= 0.6 is 0 Å². The predicted molar refractivity (Wildman–Crippen MR) is 73.9 cm³/mol. The maximum Gasteiger partial charge on any atom is 0 e. The summed E-state index contributed by atoms with van der Waals surface area (Å²) in [5, 5.41) is 0. The van der Waals surface area contributed by atoms with E-state index < -0.39 is 0 Å². The molecule has 35 heteroatoms. The second-order valence-corrected chi connectivity index (χ2v) is 4.48. The van der Waals surface area contributed by atoms with Crippen LogP contribution in [0.2, 0.25) is 0 Å². The molecule has 0 aromatic heterocycles. The molecule has 2 rings (SSSR count). The van der Waals surface area contributed by atoms with Crippen molar-refractivity contribution in [2.45, 2.75) is 27.2 Å². The molecule has 0 spiro atoms. The Hall–Kier alpha value is 36.9. The van der Waals surface area contributed by atoms with E-state index in [1.165, 1.54) is 27.8 Å². The summed E-state index contributed by atoms with van der Waals surface area (Å²) < 4.78 is 0. The minimum atomic E-state index is 0. The van der Waals surface area contributed by atoms with Gasteiger partial charge in [-0.05, 0) is 0 Å². The largest absolute Gasteiger partial charge is 0.181 e. The van der Waals surface area contributed by atoms with Crippen LogP contribution in [0, 0.1) is 26.3 Å². The van der Waals surface area contributed by atoms with Crippen LogP contribution in [-0.4, -0.2) is 0 Å². The van der Waals surface area contributed by atoms with Gasteiger partial charge in [0.15, 0.2) is 0 Å². The average molecular weight is 3330 g/mol. The fourth-order valence-electron chi connectivity index (χ4n) is 1.99. The van der Waals surface area contributed by atoms with Crippen LogP contribution in [0.5, 0.6) is 0 Å². The monoisotopic (exact) mass is 3330 g/mol. The van der Waals surface area contributed by atoms with E-state index >= 15 is 0 Å². The summed E-state index contributed by atoms with van der Waals surface area (Å²) in [4.78, 5) is 0. The molecule has 0 aliphatic rings. The van der Waals surface area contributed by atoms with Crippen molar-refractivity contribution in [2.75, 3.05) is 0 Å². The molecule has 0 unspecified atom stereocenters. The van der Waals surface area contributed by atoms with E-state index in [4.69, 9.17) is 0 Å². The molecule has 35 radical (unpaired) electrons. The van der Waals surface area contributed by atoms with Crippen molar-refractivity contribution < 1.29 is 1140 Å². The molecule has 2 aromatic rings. The smallest absolute Gasteiger partial charge is 0 e. The normalized spacial score (nSPS) is 3.37. The molecule has 193 valence electrons. The first-order chi connectivity index (χ1) is 8.20. The Balaban J connectivity index is -0.00000000289. The summed E-state index contributed by atoms with van der Waals surface area (Å²) in [7, 11) is 0. The number of benzene rings is 2. The van der Waals surface area contributed by atoms with Crippen molar-refractivity contribution in [1.82, 2.24) is 0 Å². The number of rotatable bonds is 3. The van der Waals surface area contributed by atoms with Gasteiger partial charge in [-0.15, -0.1) is 46.5 Å². The molecule has 0 aliphatic heterocycles. The average Bonchev–Trinajstić information content (AvgIpc) is 2.31. The Morgan fingerprint density at radius 2 is 0.615 bits per heavy atom. The van der Waals surface area contributed by atoms with Crippen molar-refractivity contribution in [1.29, 1.82) is 0 Å². The SMILES string of the molecule is CC[CH-]c1cc(C)ccc1-c1[c-]cc(C)cc1.[Y].[Y].[Y].[Y].[Y].[Y].[Y].[Y].[Y].[Y].[Y].[Y].[Y].[Y].[Y].[Y].[Y].[Y].[Y].[Y].[Y].[Y].[Y].[Y].[Y].[Y].[Y].[Y].[Y].[Y].[Y].[Y].[Y].[Y].[Y]. The molecule has 0 heterocycles. The first kappa shape index (κ1) is 228. The molecular formula is C17H18Y35-2. The minimum absolute atomic E-state index is 0. The Morgan fingerprint density at radius 1 is 0.365 bits per heavy atom. The summed E-state index contributed by atoms with van der Waals surface area (Å²) in [5.41, 5.74) is 6.32. The van der Waals surface area contributed by atoms with Gasteiger partial charge in [0.25, 0.3) is 0 Å². The molecule has 2 aromatic carbocycles. The van der Waals surface area contributed by atoms with Crippen LogP contribution < -0.4 is 0 Å². The van der Waals surface area contributed by atoms with Crippen molar-refractivity contribution >= 4 is 0 Å². The fourth-order valence-corrected chi connectivity index (χ4v) is 1.99. The number of hydrogen-bond donors (Lipinski definition) is 0. The van der Waals surface area contributed by atoms with Crippen molar-refractivity contribution in [2.24, 2.45) is 0 Å². The second kappa shape index (κ2) is 179. The van der Waals surface area contributed by atoms with Crippen molar-refractivity contribution in [3.8, 4) is 11.1 Å². The van der Waals surface area contributed by atoms with Gasteiger partial charge in [-0.1, -0.05) is 39.3 Å². The molecule has 52 heavy (non-hydrogen) atoms. The minimum Gasteiger partial charge on any atom is -0.181 e. The van der Waals surface area contributed by atoms with Gasteiger partial charge in [0, 0.05) is 1140 Å². The standard InChI is InChI=1S/C17H18.35Y/c1-4-5-16-12-14(3)8-11-17(16)15-9-6-13(2)7-10-15;;;;;;;;;;;;;;;;;;;;;;;;;;;;;;;;;;;/h5-9,11-12H,4H2,1-3H3;;;;;;;;;;;;;;;;;;;;;;;;;;;;;;;;;;;/q-2;;;;;;;;;;;;;;;;;;;;;;;;;;;;;;;;;;;. The molecule has 0 saturated carbocycles. The third-order valence-corrected chi connectivity index (χ3v) is 2.89. The first-order valence-electron chi connectivity index (χ1n) is 6.13. The third-order valence-electron chi connectivity index (χ3n) is 2.89. The molecule has 0 nitrogen and oxygen atoms in total. The summed E-state index contributed by atoms with van der Waals surface area (Å²) in [6.45, 7) is 6.40. The van der Waals surface area contributed by atoms with Crippen LogP contribution in [0.3, 0.4) is 0 Å². The van der Waals surface area contributed by atoms with Gasteiger partial charge in [0.05, 0.1) is 0 Å². The summed E-state index contributed by atoms with van der Waals surface area (Å²) in [6.07, 6.45) is 3.33. The van der Waals surface area contributed by atoms with Gasteiger partial charge in [-0.25, -0.2) is 0 Å². The third kappa shape index (κ3) is 143. The van der Waals surface area contributed by atoms with E-state index in [-0.39, 0.29) is 1140 Å². The van der Waals surface area contributed by atoms with E-state index in [1.807, 2.05) is 6.07 Å². The summed E-state index contributed by atoms with van der Waals surface area (Å²) in [5.74, 6) is 0. The molecule has 0 N–H and O–H groups in total. The van der Waals surface area contributed by atoms with Crippen LogP contribution in [0.25, 0.3) is 11.1 Å². The fraction of sp³-hybridized carbons (Fsp3) is 0.235. The molecule has 0 aliphatic carbocycles. The zero-order valence-corrected chi connectivity index (χ0v) is 130. The van der Waals surface area contributed by atoms with E-state index in [0.29, 0.717) is 0 Å². The van der Waals surface area contributed by atoms with E-state index in [2.05, 4.69) is 63.6 Å². The van der Waals surface area contributed by atoms with E-state index in [0.717, 1.165) is 6.42 Å². The summed E-state index contributed by atoms with van der Waals surface area (Å²) in [6, 6.07) is 16.3. The van der Waals surface area contributed by atoms with Gasteiger partial charge in [-0.3, -0.25) is 0 Å². The zero-order valence-electron chi connectivity index (χ0n) is 31.0. The Bertz CT molecular complexity index is 539. The zero-order chi connectivity index (χ0) is 12.3. The van der Waals surface area contributed by atoms with Crippen molar-refractivity contribution in [3.05, 3.63) is 65.6 Å². The maximum absolute atomic E-state index is 3.35. The predicted octanol–water partition coefficient (Wildman–Crippen LogP) is 4.65. The van der Waals surface area contributed by atoms with Crippen LogP contribution in [0.1, 0.15) is 30.0 Å². The van der Waals surface area contributed by atoms with Gasteiger partial charge < -0.3 is 0 Å². The van der Waals surface area contributed by atoms with Crippen LogP contribution in [0.4, 0.5) is 0 Å². The van der Waals surface area contributed by atoms with Crippen LogP contribution in [-0.2, 0) is 1140 Å². The topological polar surface area (TPSA) is 0 Å². The Morgan fingerprint density at radius 3 is 0.827 bits per heavy atom. The molecule has 0 bridgehead atoms.